The van der Waals surface area contributed by atoms with Crippen molar-refractivity contribution in [3.05, 3.63) is 70.7 Å². The van der Waals surface area contributed by atoms with Crippen LogP contribution in [0, 0.1) is 11.8 Å². The molecule has 0 saturated carbocycles. The van der Waals surface area contributed by atoms with E-state index in [4.69, 9.17) is 0 Å². The van der Waals surface area contributed by atoms with E-state index in [9.17, 15) is 14.4 Å². The standard InChI is InChI=1S/C22H15BrN2O3S2/c23-13-7-9-14(10-8-13)25-20(26)16-15(11-6-12-4-2-1-3-5-12)17-19(24-22(28)30-17)29-18(16)21(25)27/h1-11,15-18H/b11-6+. The fraction of sp³-hybridized carbons (Fsp3) is 0.182. The Morgan fingerprint density at radius 1 is 0.900 bits per heavy atom. The highest BCUT2D eigenvalue weighted by atomic mass is 79.9. The number of aliphatic imine (C=N–C) groups is 1. The monoisotopic (exact) mass is 498 g/mol. The topological polar surface area (TPSA) is 66.8 Å². The lowest BCUT2D eigenvalue weighted by molar-refractivity contribution is -0.122. The van der Waals surface area contributed by atoms with Crippen molar-refractivity contribution in [2.24, 2.45) is 16.8 Å². The summed E-state index contributed by atoms with van der Waals surface area (Å²) >= 11 is 5.79. The number of hydrogen-bond acceptors (Lipinski definition) is 5. The van der Waals surface area contributed by atoms with Gasteiger partial charge in [-0.05, 0) is 29.8 Å². The molecule has 3 aliphatic rings. The third-order valence-corrected chi connectivity index (χ3v) is 8.47. The average Bonchev–Trinajstić information content (AvgIpc) is 3.24. The average molecular weight is 499 g/mol. The van der Waals surface area contributed by atoms with Gasteiger partial charge < -0.3 is 0 Å². The number of nitrogens with zero attached hydrogens (tertiary/aromatic N) is 2. The summed E-state index contributed by atoms with van der Waals surface area (Å²) in [6.45, 7) is 0. The third kappa shape index (κ3) is 3.36. The van der Waals surface area contributed by atoms with Crippen molar-refractivity contribution in [3.63, 3.8) is 0 Å². The maximum atomic E-state index is 13.4. The molecule has 2 aromatic rings. The molecular formula is C22H15BrN2O3S2. The lowest BCUT2D eigenvalue weighted by atomic mass is 9.86. The van der Waals surface area contributed by atoms with Crippen LogP contribution in [0.1, 0.15) is 5.56 Å². The van der Waals surface area contributed by atoms with E-state index in [1.54, 1.807) is 12.1 Å². The van der Waals surface area contributed by atoms with E-state index in [-0.39, 0.29) is 28.2 Å². The van der Waals surface area contributed by atoms with Gasteiger partial charge in [0.15, 0.2) is 0 Å². The number of rotatable bonds is 3. The molecule has 0 radical (unpaired) electrons. The Morgan fingerprint density at radius 2 is 1.63 bits per heavy atom. The Labute approximate surface area is 190 Å². The predicted molar refractivity (Wildman–Crippen MR) is 125 cm³/mol. The lowest BCUT2D eigenvalue weighted by Crippen LogP contribution is -2.41. The number of benzene rings is 2. The van der Waals surface area contributed by atoms with E-state index >= 15 is 0 Å². The summed E-state index contributed by atoms with van der Waals surface area (Å²) in [5, 5.41) is -0.420. The van der Waals surface area contributed by atoms with Crippen LogP contribution in [-0.4, -0.2) is 32.6 Å². The van der Waals surface area contributed by atoms with Crippen molar-refractivity contribution >= 4 is 73.3 Å². The third-order valence-electron chi connectivity index (χ3n) is 5.38. The lowest BCUT2D eigenvalue weighted by Gasteiger charge is -2.32. The van der Waals surface area contributed by atoms with Crippen molar-refractivity contribution in [3.8, 4) is 0 Å². The van der Waals surface area contributed by atoms with Gasteiger partial charge in [-0.15, -0.1) is 0 Å². The highest BCUT2D eigenvalue weighted by Crippen LogP contribution is 2.51. The van der Waals surface area contributed by atoms with Crippen LogP contribution in [0.4, 0.5) is 10.5 Å². The van der Waals surface area contributed by atoms with Crippen molar-refractivity contribution in [2.75, 3.05) is 4.90 Å². The number of allylic oxidation sites excluding steroid dienone is 1. The fourth-order valence-corrected chi connectivity index (χ4v) is 6.91. The van der Waals surface area contributed by atoms with E-state index < -0.39 is 11.2 Å². The molecule has 2 aromatic carbocycles. The second kappa shape index (κ2) is 7.83. The number of carbonyl (C=O) groups excluding carboxylic acids is 3. The van der Waals surface area contributed by atoms with Crippen molar-refractivity contribution < 1.29 is 14.4 Å². The number of halogens is 1. The fourth-order valence-electron chi connectivity index (χ4n) is 4.00. The Bertz CT molecular complexity index is 1100. The number of amides is 3. The van der Waals surface area contributed by atoms with Gasteiger partial charge in [-0.1, -0.05) is 81.9 Å². The van der Waals surface area contributed by atoms with Crippen molar-refractivity contribution in [1.82, 2.24) is 0 Å². The summed E-state index contributed by atoms with van der Waals surface area (Å²) in [5.74, 6) is -1.29. The van der Waals surface area contributed by atoms with Crippen LogP contribution in [0.5, 0.6) is 0 Å². The molecule has 3 heterocycles. The zero-order chi connectivity index (χ0) is 20.8. The van der Waals surface area contributed by atoms with E-state index in [2.05, 4.69) is 20.9 Å². The smallest absolute Gasteiger partial charge is 0.274 e. The van der Waals surface area contributed by atoms with E-state index in [0.29, 0.717) is 10.7 Å². The molecule has 0 aliphatic carbocycles. The first kappa shape index (κ1) is 19.8. The quantitative estimate of drug-likeness (QED) is 0.555. The SMILES string of the molecule is O=C1N=C2SC3C(=O)N(c4ccc(Br)cc4)C(=O)C3C(/C=C/c3ccccc3)C2S1. The van der Waals surface area contributed by atoms with E-state index in [1.807, 2.05) is 54.6 Å². The van der Waals surface area contributed by atoms with Crippen LogP contribution >= 0.6 is 39.5 Å². The second-order valence-electron chi connectivity index (χ2n) is 7.15. The first-order valence-electron chi connectivity index (χ1n) is 9.35. The van der Waals surface area contributed by atoms with Crippen LogP contribution in [0.25, 0.3) is 6.08 Å². The van der Waals surface area contributed by atoms with Gasteiger partial charge in [0.25, 0.3) is 0 Å². The summed E-state index contributed by atoms with van der Waals surface area (Å²) < 4.78 is 0.875. The first-order chi connectivity index (χ1) is 14.5. The molecule has 2 saturated heterocycles. The molecule has 30 heavy (non-hydrogen) atoms. The molecule has 150 valence electrons. The molecule has 5 rings (SSSR count). The molecular weight excluding hydrogens is 484 g/mol. The van der Waals surface area contributed by atoms with Crippen molar-refractivity contribution in [1.29, 1.82) is 0 Å². The normalized spacial score (nSPS) is 28.1. The minimum atomic E-state index is -0.576. The number of thioether (sulfide) groups is 2. The molecule has 4 atom stereocenters. The summed E-state index contributed by atoms with van der Waals surface area (Å²) in [4.78, 5) is 44.1. The Balaban J connectivity index is 1.54. The largest absolute Gasteiger partial charge is 0.306 e. The molecule has 2 fully saturated rings. The van der Waals surface area contributed by atoms with Gasteiger partial charge in [-0.2, -0.15) is 0 Å². The van der Waals surface area contributed by atoms with Crippen LogP contribution in [-0.2, 0) is 9.59 Å². The zero-order valence-electron chi connectivity index (χ0n) is 15.5. The number of imide groups is 1. The summed E-state index contributed by atoms with van der Waals surface area (Å²) in [5.41, 5.74) is 1.56. The molecule has 0 N–H and O–H groups in total. The maximum absolute atomic E-state index is 13.4. The minimum Gasteiger partial charge on any atom is -0.274 e. The summed E-state index contributed by atoms with van der Waals surface area (Å²) in [7, 11) is 0. The molecule has 0 aromatic heterocycles. The molecule has 5 nitrogen and oxygen atoms in total. The van der Waals surface area contributed by atoms with E-state index in [0.717, 1.165) is 21.8 Å². The van der Waals surface area contributed by atoms with Gasteiger partial charge in [0.05, 0.1) is 21.9 Å². The Morgan fingerprint density at radius 3 is 2.37 bits per heavy atom. The Hall–Kier alpha value is -2.16. The van der Waals surface area contributed by atoms with Gasteiger partial charge in [-0.3, -0.25) is 14.4 Å². The number of carbonyl (C=O) groups is 3. The zero-order valence-corrected chi connectivity index (χ0v) is 18.7. The van der Waals surface area contributed by atoms with Gasteiger partial charge in [0.2, 0.25) is 11.8 Å². The van der Waals surface area contributed by atoms with Crippen LogP contribution in [0.2, 0.25) is 0 Å². The molecule has 3 aliphatic heterocycles. The highest BCUT2D eigenvalue weighted by Gasteiger charge is 2.58. The molecule has 0 bridgehead atoms. The van der Waals surface area contributed by atoms with Crippen LogP contribution in [0.3, 0.4) is 0 Å². The van der Waals surface area contributed by atoms with Crippen LogP contribution < -0.4 is 4.90 Å². The van der Waals surface area contributed by atoms with Crippen molar-refractivity contribution in [2.45, 2.75) is 10.5 Å². The maximum Gasteiger partial charge on any atom is 0.306 e. The van der Waals surface area contributed by atoms with Gasteiger partial charge in [-0.25, -0.2) is 9.89 Å². The predicted octanol–water partition coefficient (Wildman–Crippen LogP) is 5.02. The van der Waals surface area contributed by atoms with Gasteiger partial charge >= 0.3 is 5.24 Å². The van der Waals surface area contributed by atoms with Gasteiger partial charge in [0, 0.05) is 10.4 Å². The summed E-state index contributed by atoms with van der Waals surface area (Å²) in [6.07, 6.45) is 3.92. The molecule has 4 unspecified atom stereocenters. The second-order valence-corrected chi connectivity index (χ2v) is 10.3. The minimum absolute atomic E-state index is 0.221. The first-order valence-corrected chi connectivity index (χ1v) is 11.9. The summed E-state index contributed by atoms with van der Waals surface area (Å²) in [6, 6.07) is 16.9. The van der Waals surface area contributed by atoms with Crippen LogP contribution in [0.15, 0.2) is 70.1 Å². The molecule has 8 heteroatoms. The van der Waals surface area contributed by atoms with E-state index in [1.165, 1.54) is 16.7 Å². The molecule has 3 amide bonds. The number of fused-ring (bicyclic) bond motifs is 2. The number of hydrogen-bond donors (Lipinski definition) is 0. The number of anilines is 1. The molecule has 0 spiro atoms. The Kier molecular flexibility index (Phi) is 5.16. The highest BCUT2D eigenvalue weighted by molar-refractivity contribution is 9.10. The van der Waals surface area contributed by atoms with Gasteiger partial charge in [0.1, 0.15) is 5.25 Å².